The van der Waals surface area contributed by atoms with E-state index in [0.29, 0.717) is 11.1 Å². The van der Waals surface area contributed by atoms with Crippen LogP contribution in [-0.2, 0) is 12.7 Å². The molecule has 3 aromatic rings. The molecule has 0 bridgehead atoms. The summed E-state index contributed by atoms with van der Waals surface area (Å²) in [6.45, 7) is 1.72. The first-order chi connectivity index (χ1) is 12.9. The SMILES string of the molecule is O=C(c1ccc(Cn2nc(C(F)(F)F)c3cnccc32)cc1)N1CCCC1. The Morgan fingerprint density at radius 1 is 1.07 bits per heavy atom. The van der Waals surface area contributed by atoms with Crippen LogP contribution in [0.15, 0.2) is 42.7 Å². The average molecular weight is 374 g/mol. The monoisotopic (exact) mass is 374 g/mol. The molecule has 0 unspecified atom stereocenters. The molecule has 0 saturated carbocycles. The minimum Gasteiger partial charge on any atom is -0.339 e. The number of carbonyl (C=O) groups is 1. The third-order valence-electron chi connectivity index (χ3n) is 4.75. The van der Waals surface area contributed by atoms with Gasteiger partial charge in [-0.2, -0.15) is 18.3 Å². The predicted molar refractivity (Wildman–Crippen MR) is 93.2 cm³/mol. The van der Waals surface area contributed by atoms with E-state index in [-0.39, 0.29) is 17.8 Å². The lowest BCUT2D eigenvalue weighted by Gasteiger charge is -2.15. The average Bonchev–Trinajstić information content (AvgIpc) is 3.30. The fourth-order valence-electron chi connectivity index (χ4n) is 3.38. The first-order valence-electron chi connectivity index (χ1n) is 8.69. The van der Waals surface area contributed by atoms with Crippen molar-refractivity contribution < 1.29 is 18.0 Å². The lowest BCUT2D eigenvalue weighted by Crippen LogP contribution is -2.27. The Hall–Kier alpha value is -2.90. The largest absolute Gasteiger partial charge is 0.435 e. The molecule has 0 radical (unpaired) electrons. The molecule has 0 N–H and O–H groups in total. The molecule has 27 heavy (non-hydrogen) atoms. The highest BCUT2D eigenvalue weighted by molar-refractivity contribution is 5.94. The van der Waals surface area contributed by atoms with Gasteiger partial charge in [-0.15, -0.1) is 0 Å². The Morgan fingerprint density at radius 2 is 1.78 bits per heavy atom. The number of amides is 1. The van der Waals surface area contributed by atoms with Crippen molar-refractivity contribution in [1.82, 2.24) is 19.7 Å². The molecule has 1 fully saturated rings. The van der Waals surface area contributed by atoms with Crippen molar-refractivity contribution in [1.29, 1.82) is 0 Å². The summed E-state index contributed by atoms with van der Waals surface area (Å²) in [7, 11) is 0. The zero-order chi connectivity index (χ0) is 19.0. The van der Waals surface area contributed by atoms with Crippen LogP contribution < -0.4 is 0 Å². The molecule has 1 saturated heterocycles. The molecule has 8 heteroatoms. The summed E-state index contributed by atoms with van der Waals surface area (Å²) < 4.78 is 41.0. The highest BCUT2D eigenvalue weighted by Gasteiger charge is 2.36. The van der Waals surface area contributed by atoms with E-state index in [2.05, 4.69) is 10.1 Å². The summed E-state index contributed by atoms with van der Waals surface area (Å²) in [6.07, 6.45) is 0.121. The zero-order valence-corrected chi connectivity index (χ0v) is 14.4. The number of nitrogens with zero attached hydrogens (tertiary/aromatic N) is 4. The Kier molecular flexibility index (Phi) is 4.33. The topological polar surface area (TPSA) is 51.0 Å². The maximum atomic E-state index is 13.2. The quantitative estimate of drug-likeness (QED) is 0.702. The van der Waals surface area contributed by atoms with Gasteiger partial charge in [0.05, 0.1) is 17.4 Å². The Bertz CT molecular complexity index is 973. The van der Waals surface area contributed by atoms with Crippen molar-refractivity contribution in [2.75, 3.05) is 13.1 Å². The van der Waals surface area contributed by atoms with Crippen molar-refractivity contribution >= 4 is 16.8 Å². The standard InChI is InChI=1S/C19H17F3N4O/c20-19(21,22)17-15-11-23-8-7-16(15)26(24-17)12-13-3-5-14(6-4-13)18(27)25-9-1-2-10-25/h3-8,11H,1-2,9-10,12H2. The number of carbonyl (C=O) groups excluding carboxylic acids is 1. The second-order valence-electron chi connectivity index (χ2n) is 6.59. The lowest BCUT2D eigenvalue weighted by molar-refractivity contribution is -0.140. The number of hydrogen-bond acceptors (Lipinski definition) is 3. The van der Waals surface area contributed by atoms with E-state index in [1.807, 2.05) is 4.90 Å². The van der Waals surface area contributed by atoms with E-state index in [9.17, 15) is 18.0 Å². The lowest BCUT2D eigenvalue weighted by atomic mass is 10.1. The van der Waals surface area contributed by atoms with Gasteiger partial charge in [0, 0.05) is 31.0 Å². The van der Waals surface area contributed by atoms with Crippen molar-refractivity contribution in [2.24, 2.45) is 0 Å². The number of benzene rings is 1. The molecule has 1 amide bonds. The number of alkyl halides is 3. The maximum Gasteiger partial charge on any atom is 0.435 e. The van der Waals surface area contributed by atoms with Crippen LogP contribution in [0.4, 0.5) is 13.2 Å². The van der Waals surface area contributed by atoms with Crippen LogP contribution in [0.2, 0.25) is 0 Å². The Labute approximate surface area is 153 Å². The van der Waals surface area contributed by atoms with E-state index in [4.69, 9.17) is 0 Å². The van der Waals surface area contributed by atoms with Crippen molar-refractivity contribution in [3.63, 3.8) is 0 Å². The van der Waals surface area contributed by atoms with Crippen LogP contribution in [0.5, 0.6) is 0 Å². The molecule has 0 spiro atoms. The number of hydrogen-bond donors (Lipinski definition) is 0. The highest BCUT2D eigenvalue weighted by Crippen LogP contribution is 2.33. The highest BCUT2D eigenvalue weighted by atomic mass is 19.4. The van der Waals surface area contributed by atoms with Crippen LogP contribution in [-0.4, -0.2) is 38.7 Å². The fourth-order valence-corrected chi connectivity index (χ4v) is 3.38. The molecule has 0 atom stereocenters. The van der Waals surface area contributed by atoms with Crippen LogP contribution in [0, 0.1) is 0 Å². The molecule has 140 valence electrons. The van der Waals surface area contributed by atoms with Gasteiger partial charge in [-0.05, 0) is 36.6 Å². The molecule has 0 aliphatic carbocycles. The third-order valence-corrected chi connectivity index (χ3v) is 4.75. The number of aromatic nitrogens is 3. The summed E-state index contributed by atoms with van der Waals surface area (Å²) in [5.74, 6) is -0.00554. The second kappa shape index (κ2) is 6.68. The van der Waals surface area contributed by atoms with Gasteiger partial charge in [0.2, 0.25) is 0 Å². The van der Waals surface area contributed by atoms with Gasteiger partial charge < -0.3 is 4.90 Å². The summed E-state index contributed by atoms with van der Waals surface area (Å²) in [4.78, 5) is 18.0. The number of rotatable bonds is 3. The van der Waals surface area contributed by atoms with Gasteiger partial charge in [-0.1, -0.05) is 12.1 Å². The van der Waals surface area contributed by atoms with Crippen molar-refractivity contribution in [3.8, 4) is 0 Å². The minimum atomic E-state index is -4.54. The van der Waals surface area contributed by atoms with Gasteiger partial charge in [0.25, 0.3) is 5.91 Å². The van der Waals surface area contributed by atoms with Gasteiger partial charge in [-0.3, -0.25) is 14.5 Å². The smallest absolute Gasteiger partial charge is 0.339 e. The first kappa shape index (κ1) is 17.5. The van der Waals surface area contributed by atoms with Gasteiger partial charge in [0.15, 0.2) is 5.69 Å². The number of pyridine rings is 1. The minimum absolute atomic E-state index is 0.00554. The van der Waals surface area contributed by atoms with Crippen LogP contribution >= 0.6 is 0 Å². The summed E-state index contributed by atoms with van der Waals surface area (Å²) in [5.41, 5.74) is 0.787. The molecule has 5 nitrogen and oxygen atoms in total. The van der Waals surface area contributed by atoms with Crippen LogP contribution in [0.25, 0.3) is 10.9 Å². The maximum absolute atomic E-state index is 13.2. The summed E-state index contributed by atoms with van der Waals surface area (Å²) in [5, 5.41) is 3.73. The molecular formula is C19H17F3N4O. The third kappa shape index (κ3) is 3.39. The van der Waals surface area contributed by atoms with Crippen LogP contribution in [0.3, 0.4) is 0 Å². The normalized spacial score (nSPS) is 14.9. The van der Waals surface area contributed by atoms with Crippen molar-refractivity contribution in [3.05, 3.63) is 59.5 Å². The van der Waals surface area contributed by atoms with E-state index in [1.165, 1.54) is 23.1 Å². The van der Waals surface area contributed by atoms with E-state index in [1.54, 1.807) is 24.3 Å². The number of likely N-dealkylation sites (tertiary alicyclic amines) is 1. The van der Waals surface area contributed by atoms with E-state index in [0.717, 1.165) is 31.5 Å². The molecule has 3 heterocycles. The van der Waals surface area contributed by atoms with Gasteiger partial charge in [0.1, 0.15) is 0 Å². The summed E-state index contributed by atoms with van der Waals surface area (Å²) >= 11 is 0. The number of halogens is 3. The van der Waals surface area contributed by atoms with E-state index < -0.39 is 11.9 Å². The molecule has 2 aromatic heterocycles. The van der Waals surface area contributed by atoms with Crippen molar-refractivity contribution in [2.45, 2.75) is 25.6 Å². The van der Waals surface area contributed by atoms with Gasteiger partial charge in [-0.25, -0.2) is 0 Å². The van der Waals surface area contributed by atoms with Gasteiger partial charge >= 0.3 is 6.18 Å². The predicted octanol–water partition coefficient (Wildman–Crippen LogP) is 3.73. The zero-order valence-electron chi connectivity index (χ0n) is 14.4. The summed E-state index contributed by atoms with van der Waals surface area (Å²) in [6, 6.07) is 8.46. The fraction of sp³-hybridized carbons (Fsp3) is 0.316. The number of fused-ring (bicyclic) bond motifs is 1. The van der Waals surface area contributed by atoms with Crippen LogP contribution in [0.1, 0.15) is 34.5 Å². The Balaban J connectivity index is 1.60. The molecule has 4 rings (SSSR count). The molecule has 1 aliphatic heterocycles. The van der Waals surface area contributed by atoms with E-state index >= 15 is 0 Å². The molecular weight excluding hydrogens is 357 g/mol. The molecule has 1 aliphatic rings. The Morgan fingerprint density at radius 3 is 2.44 bits per heavy atom. The second-order valence-corrected chi connectivity index (χ2v) is 6.59. The first-order valence-corrected chi connectivity index (χ1v) is 8.69. The molecule has 1 aromatic carbocycles.